The van der Waals surface area contributed by atoms with Crippen LogP contribution in [0.2, 0.25) is 0 Å². The summed E-state index contributed by atoms with van der Waals surface area (Å²) in [6, 6.07) is 9.03. The Bertz CT molecular complexity index is 474. The maximum Gasteiger partial charge on any atom is 0.223 e. The lowest BCUT2D eigenvalue weighted by atomic mass is 9.70. The Kier molecular flexibility index (Phi) is 5.98. The van der Waals surface area contributed by atoms with E-state index in [1.54, 1.807) is 12.1 Å². The fourth-order valence-corrected chi connectivity index (χ4v) is 3.60. The summed E-state index contributed by atoms with van der Waals surface area (Å²) >= 11 is 0. The molecule has 0 saturated heterocycles. The molecule has 2 nitrogen and oxygen atoms in total. The van der Waals surface area contributed by atoms with Crippen LogP contribution in [-0.2, 0) is 4.79 Å². The molecule has 22 heavy (non-hydrogen) atoms. The molecule has 1 aliphatic carbocycles. The van der Waals surface area contributed by atoms with Crippen LogP contribution in [0, 0.1) is 23.7 Å². The van der Waals surface area contributed by atoms with Crippen LogP contribution in [0.5, 0.6) is 0 Å². The van der Waals surface area contributed by atoms with Gasteiger partial charge in [0.15, 0.2) is 0 Å². The molecule has 0 aliphatic heterocycles. The molecule has 3 heteroatoms. The highest BCUT2D eigenvalue weighted by Gasteiger charge is 2.35. The molecule has 2 unspecified atom stereocenters. The van der Waals surface area contributed by atoms with Gasteiger partial charge in [-0.1, -0.05) is 57.5 Å². The molecule has 1 N–H and O–H groups in total. The quantitative estimate of drug-likeness (QED) is 0.851. The third-order valence-corrected chi connectivity index (χ3v) is 4.98. The van der Waals surface area contributed by atoms with Gasteiger partial charge >= 0.3 is 0 Å². The van der Waals surface area contributed by atoms with Gasteiger partial charge in [0.05, 0.1) is 6.54 Å². The second-order valence-electron chi connectivity index (χ2n) is 7.06. The molecular formula is C19H28FNO. The monoisotopic (exact) mass is 305 g/mol. The van der Waals surface area contributed by atoms with Crippen molar-refractivity contribution in [2.45, 2.75) is 46.2 Å². The number of carbonyl (C=O) groups is 1. The zero-order valence-corrected chi connectivity index (χ0v) is 13.9. The molecule has 1 aliphatic rings. The molecule has 1 aromatic rings. The Balaban J connectivity index is 1.92. The van der Waals surface area contributed by atoms with Crippen LogP contribution >= 0.6 is 0 Å². The summed E-state index contributed by atoms with van der Waals surface area (Å²) in [6.45, 7) is 6.64. The Morgan fingerprint density at radius 2 is 1.95 bits per heavy atom. The van der Waals surface area contributed by atoms with Gasteiger partial charge in [-0.05, 0) is 36.2 Å². The first-order valence-electron chi connectivity index (χ1n) is 8.45. The predicted molar refractivity (Wildman–Crippen MR) is 88.1 cm³/mol. The third kappa shape index (κ3) is 4.31. The minimum atomic E-state index is -1.14. The number of hydrogen-bond donors (Lipinski definition) is 1. The van der Waals surface area contributed by atoms with Gasteiger partial charge in [0.25, 0.3) is 0 Å². The Labute approximate surface area is 133 Å². The standard InChI is InChI=1S/C19H28FNO/c1-13(2)16-10-9-14(3)11-17(16)19(22)21-12-18(20)15-7-5-4-6-8-15/h4-8,13-14,16-18H,9-12H2,1-3H3,(H,21,22)/t14?,16-,17+,18?/m0/s1. The van der Waals surface area contributed by atoms with E-state index < -0.39 is 6.17 Å². The van der Waals surface area contributed by atoms with Crippen molar-refractivity contribution in [3.8, 4) is 0 Å². The molecule has 1 amide bonds. The smallest absolute Gasteiger partial charge is 0.223 e. The fourth-order valence-electron chi connectivity index (χ4n) is 3.60. The average molecular weight is 305 g/mol. The van der Waals surface area contributed by atoms with Crippen molar-refractivity contribution in [3.63, 3.8) is 0 Å². The van der Waals surface area contributed by atoms with Crippen LogP contribution in [0.3, 0.4) is 0 Å². The number of alkyl halides is 1. The molecule has 1 fully saturated rings. The van der Waals surface area contributed by atoms with Crippen LogP contribution in [0.15, 0.2) is 30.3 Å². The Morgan fingerprint density at radius 1 is 1.27 bits per heavy atom. The average Bonchev–Trinajstić information content (AvgIpc) is 2.52. The highest BCUT2D eigenvalue weighted by molar-refractivity contribution is 5.79. The lowest BCUT2D eigenvalue weighted by molar-refractivity contribution is -0.129. The molecule has 0 radical (unpaired) electrons. The van der Waals surface area contributed by atoms with Crippen molar-refractivity contribution in [2.75, 3.05) is 6.54 Å². The van der Waals surface area contributed by atoms with Crippen molar-refractivity contribution >= 4 is 5.91 Å². The van der Waals surface area contributed by atoms with Crippen LogP contribution in [0.4, 0.5) is 4.39 Å². The van der Waals surface area contributed by atoms with Gasteiger partial charge in [-0.15, -0.1) is 0 Å². The molecular weight excluding hydrogens is 277 g/mol. The van der Waals surface area contributed by atoms with Gasteiger partial charge in [-0.3, -0.25) is 4.79 Å². The van der Waals surface area contributed by atoms with E-state index in [1.807, 2.05) is 18.2 Å². The zero-order chi connectivity index (χ0) is 16.1. The predicted octanol–water partition coefficient (Wildman–Crippen LogP) is 4.52. The zero-order valence-electron chi connectivity index (χ0n) is 13.9. The van der Waals surface area contributed by atoms with E-state index >= 15 is 0 Å². The van der Waals surface area contributed by atoms with E-state index in [0.717, 1.165) is 12.8 Å². The molecule has 2 rings (SSSR count). The summed E-state index contributed by atoms with van der Waals surface area (Å²) in [6.07, 6.45) is 2.09. The van der Waals surface area contributed by atoms with Gasteiger partial charge in [0.1, 0.15) is 6.17 Å². The molecule has 0 spiro atoms. The molecule has 4 atom stereocenters. The van der Waals surface area contributed by atoms with Gasteiger partial charge in [-0.25, -0.2) is 4.39 Å². The molecule has 122 valence electrons. The van der Waals surface area contributed by atoms with Crippen LogP contribution < -0.4 is 5.32 Å². The van der Waals surface area contributed by atoms with E-state index in [9.17, 15) is 9.18 Å². The molecule has 1 saturated carbocycles. The maximum absolute atomic E-state index is 14.2. The van der Waals surface area contributed by atoms with Gasteiger partial charge < -0.3 is 5.32 Å². The number of carbonyl (C=O) groups excluding carboxylic acids is 1. The summed E-state index contributed by atoms with van der Waals surface area (Å²) in [4.78, 5) is 12.5. The fraction of sp³-hybridized carbons (Fsp3) is 0.632. The van der Waals surface area contributed by atoms with Crippen molar-refractivity contribution in [2.24, 2.45) is 23.7 Å². The number of amides is 1. The highest BCUT2D eigenvalue weighted by Crippen LogP contribution is 2.38. The van der Waals surface area contributed by atoms with E-state index in [2.05, 4.69) is 26.1 Å². The highest BCUT2D eigenvalue weighted by atomic mass is 19.1. The largest absolute Gasteiger partial charge is 0.353 e. The Hall–Kier alpha value is -1.38. The topological polar surface area (TPSA) is 29.1 Å². The van der Waals surface area contributed by atoms with E-state index in [1.165, 1.54) is 6.42 Å². The van der Waals surface area contributed by atoms with Crippen molar-refractivity contribution in [1.82, 2.24) is 5.32 Å². The summed E-state index contributed by atoms with van der Waals surface area (Å²) < 4.78 is 14.2. The third-order valence-electron chi connectivity index (χ3n) is 4.98. The number of halogens is 1. The molecule has 0 heterocycles. The van der Waals surface area contributed by atoms with Gasteiger partial charge in [0, 0.05) is 5.92 Å². The SMILES string of the molecule is CC1CC[C@@H](C(C)C)[C@H](C(=O)NCC(F)c2ccccc2)C1. The van der Waals surface area contributed by atoms with Gasteiger partial charge in [-0.2, -0.15) is 0 Å². The number of rotatable bonds is 5. The molecule has 0 bridgehead atoms. The second kappa shape index (κ2) is 7.75. The summed E-state index contributed by atoms with van der Waals surface area (Å²) in [5.74, 6) is 1.57. The van der Waals surface area contributed by atoms with Gasteiger partial charge in [0.2, 0.25) is 5.91 Å². The van der Waals surface area contributed by atoms with Crippen LogP contribution in [-0.4, -0.2) is 12.5 Å². The first-order valence-corrected chi connectivity index (χ1v) is 8.45. The Morgan fingerprint density at radius 3 is 2.59 bits per heavy atom. The first-order chi connectivity index (χ1) is 10.5. The summed E-state index contributed by atoms with van der Waals surface area (Å²) in [5.41, 5.74) is 0.625. The lowest BCUT2D eigenvalue weighted by Crippen LogP contribution is -2.41. The molecule has 1 aromatic carbocycles. The lowest BCUT2D eigenvalue weighted by Gasteiger charge is -2.36. The van der Waals surface area contributed by atoms with Crippen molar-refractivity contribution < 1.29 is 9.18 Å². The molecule has 0 aromatic heterocycles. The van der Waals surface area contributed by atoms with Crippen molar-refractivity contribution in [3.05, 3.63) is 35.9 Å². The second-order valence-corrected chi connectivity index (χ2v) is 7.06. The summed E-state index contributed by atoms with van der Waals surface area (Å²) in [5, 5.41) is 2.84. The summed E-state index contributed by atoms with van der Waals surface area (Å²) in [7, 11) is 0. The van der Waals surface area contributed by atoms with Crippen molar-refractivity contribution in [1.29, 1.82) is 0 Å². The maximum atomic E-state index is 14.2. The van der Waals surface area contributed by atoms with Crippen LogP contribution in [0.25, 0.3) is 0 Å². The number of nitrogens with one attached hydrogen (secondary N) is 1. The first kappa shape index (κ1) is 17.0. The number of hydrogen-bond acceptors (Lipinski definition) is 1. The minimum absolute atomic E-state index is 0.0313. The van der Waals surface area contributed by atoms with E-state index in [-0.39, 0.29) is 18.4 Å². The van der Waals surface area contributed by atoms with E-state index in [0.29, 0.717) is 23.3 Å². The van der Waals surface area contributed by atoms with E-state index in [4.69, 9.17) is 0 Å². The number of benzene rings is 1. The van der Waals surface area contributed by atoms with Crippen LogP contribution in [0.1, 0.15) is 51.8 Å². The minimum Gasteiger partial charge on any atom is -0.353 e. The normalized spacial score (nSPS) is 26.7.